The molecule has 128 valence electrons. The van der Waals surface area contributed by atoms with Gasteiger partial charge in [-0.1, -0.05) is 35.9 Å². The van der Waals surface area contributed by atoms with Gasteiger partial charge in [0.05, 0.1) is 16.8 Å². The van der Waals surface area contributed by atoms with Crippen LogP contribution in [0, 0.1) is 0 Å². The smallest absolute Gasteiger partial charge is 0.263 e. The molecule has 0 radical (unpaired) electrons. The number of rotatable bonds is 5. The Morgan fingerprint density at radius 2 is 1.72 bits per heavy atom. The molecule has 7 heteroatoms. The summed E-state index contributed by atoms with van der Waals surface area (Å²) in [7, 11) is -1.81. The molecule has 3 rings (SSSR count). The number of halogens is 1. The van der Waals surface area contributed by atoms with Gasteiger partial charge in [-0.25, -0.2) is 13.4 Å². The maximum absolute atomic E-state index is 12.4. The van der Waals surface area contributed by atoms with Gasteiger partial charge in [0.15, 0.2) is 0 Å². The average Bonchev–Trinajstić information content (AvgIpc) is 2.62. The fourth-order valence-corrected chi connectivity index (χ4v) is 3.59. The van der Waals surface area contributed by atoms with Gasteiger partial charge in [0, 0.05) is 17.8 Å². The highest BCUT2D eigenvalue weighted by Gasteiger charge is 2.15. The minimum Gasteiger partial charge on any atom is -0.343 e. The molecule has 2 aromatic carbocycles. The Balaban J connectivity index is 1.79. The number of benzene rings is 2. The SMILES string of the molecule is CN(c1ccccc1)c1ccc(NS(=O)(=O)c2cccc(Cl)c2)nc1. The summed E-state index contributed by atoms with van der Waals surface area (Å²) < 4.78 is 27.2. The van der Waals surface area contributed by atoms with Crippen LogP contribution in [0.1, 0.15) is 0 Å². The van der Waals surface area contributed by atoms with Crippen molar-refractivity contribution in [1.82, 2.24) is 4.98 Å². The molecule has 0 atom stereocenters. The Labute approximate surface area is 152 Å². The van der Waals surface area contributed by atoms with E-state index in [0.717, 1.165) is 11.4 Å². The van der Waals surface area contributed by atoms with Crippen molar-refractivity contribution >= 4 is 38.8 Å². The van der Waals surface area contributed by atoms with E-state index >= 15 is 0 Å². The lowest BCUT2D eigenvalue weighted by atomic mass is 10.3. The summed E-state index contributed by atoms with van der Waals surface area (Å²) in [6.07, 6.45) is 1.61. The topological polar surface area (TPSA) is 62.3 Å². The molecule has 25 heavy (non-hydrogen) atoms. The zero-order chi connectivity index (χ0) is 17.9. The standard InChI is InChI=1S/C18H16ClN3O2S/c1-22(15-7-3-2-4-8-15)16-10-11-18(20-13-16)21-25(23,24)17-9-5-6-14(19)12-17/h2-13H,1H3,(H,20,21). The number of hydrogen-bond acceptors (Lipinski definition) is 4. The van der Waals surface area contributed by atoms with Crippen LogP contribution in [0.2, 0.25) is 5.02 Å². The second-order valence-electron chi connectivity index (χ2n) is 5.36. The van der Waals surface area contributed by atoms with Crippen LogP contribution < -0.4 is 9.62 Å². The van der Waals surface area contributed by atoms with Crippen LogP contribution in [0.5, 0.6) is 0 Å². The van der Waals surface area contributed by atoms with Crippen LogP contribution in [-0.2, 0) is 10.0 Å². The van der Waals surface area contributed by atoms with E-state index in [2.05, 4.69) is 9.71 Å². The van der Waals surface area contributed by atoms with Crippen LogP contribution in [0.3, 0.4) is 0 Å². The molecule has 0 saturated carbocycles. The zero-order valence-electron chi connectivity index (χ0n) is 13.4. The largest absolute Gasteiger partial charge is 0.343 e. The van der Waals surface area contributed by atoms with Gasteiger partial charge in [-0.3, -0.25) is 4.72 Å². The molecule has 1 heterocycles. The van der Waals surface area contributed by atoms with E-state index in [4.69, 9.17) is 11.6 Å². The van der Waals surface area contributed by atoms with Gasteiger partial charge in [0.25, 0.3) is 10.0 Å². The van der Waals surface area contributed by atoms with Gasteiger partial charge in [0.1, 0.15) is 5.82 Å². The second-order valence-corrected chi connectivity index (χ2v) is 7.48. The van der Waals surface area contributed by atoms with E-state index in [1.807, 2.05) is 42.3 Å². The second kappa shape index (κ2) is 7.13. The first-order valence-electron chi connectivity index (χ1n) is 7.49. The summed E-state index contributed by atoms with van der Waals surface area (Å²) in [6.45, 7) is 0. The first-order valence-corrected chi connectivity index (χ1v) is 9.35. The van der Waals surface area contributed by atoms with Crippen LogP contribution in [-0.4, -0.2) is 20.4 Å². The number of pyridine rings is 1. The summed E-state index contributed by atoms with van der Waals surface area (Å²) in [5.41, 5.74) is 1.86. The van der Waals surface area contributed by atoms with E-state index in [1.54, 1.807) is 30.5 Å². The number of nitrogens with one attached hydrogen (secondary N) is 1. The lowest BCUT2D eigenvalue weighted by Crippen LogP contribution is -2.14. The number of nitrogens with zero attached hydrogens (tertiary/aromatic N) is 2. The molecule has 3 aromatic rings. The van der Waals surface area contributed by atoms with Crippen LogP contribution in [0.25, 0.3) is 0 Å². The number of aromatic nitrogens is 1. The maximum Gasteiger partial charge on any atom is 0.263 e. The molecule has 0 amide bonds. The number of sulfonamides is 1. The molecule has 1 N–H and O–H groups in total. The predicted octanol–water partition coefficient (Wildman–Crippen LogP) is 4.30. The van der Waals surface area contributed by atoms with Gasteiger partial charge >= 0.3 is 0 Å². The van der Waals surface area contributed by atoms with E-state index in [9.17, 15) is 8.42 Å². The van der Waals surface area contributed by atoms with E-state index in [1.165, 1.54) is 12.1 Å². The Morgan fingerprint density at radius 1 is 0.960 bits per heavy atom. The van der Waals surface area contributed by atoms with Crippen molar-refractivity contribution in [2.45, 2.75) is 4.90 Å². The molecule has 0 fully saturated rings. The van der Waals surface area contributed by atoms with Crippen LogP contribution in [0.4, 0.5) is 17.2 Å². The van der Waals surface area contributed by atoms with Crippen LogP contribution in [0.15, 0.2) is 77.8 Å². The number of anilines is 3. The molecule has 0 spiro atoms. The minimum atomic E-state index is -3.73. The number of para-hydroxylation sites is 1. The highest BCUT2D eigenvalue weighted by Crippen LogP contribution is 2.24. The molecule has 5 nitrogen and oxygen atoms in total. The summed E-state index contributed by atoms with van der Waals surface area (Å²) >= 11 is 5.85. The molecular formula is C18H16ClN3O2S. The Kier molecular flexibility index (Phi) is 4.92. The minimum absolute atomic E-state index is 0.0901. The summed E-state index contributed by atoms with van der Waals surface area (Å²) in [4.78, 5) is 6.24. The summed E-state index contributed by atoms with van der Waals surface area (Å²) in [6, 6.07) is 19.3. The van der Waals surface area contributed by atoms with Crippen molar-refractivity contribution < 1.29 is 8.42 Å². The summed E-state index contributed by atoms with van der Waals surface area (Å²) in [5.74, 6) is 0.241. The third-order valence-corrected chi connectivity index (χ3v) is 5.21. The van der Waals surface area contributed by atoms with Crippen molar-refractivity contribution in [3.63, 3.8) is 0 Å². The fourth-order valence-electron chi connectivity index (χ4n) is 2.28. The molecule has 0 aliphatic carbocycles. The predicted molar refractivity (Wildman–Crippen MR) is 101 cm³/mol. The van der Waals surface area contributed by atoms with Crippen molar-refractivity contribution in [3.8, 4) is 0 Å². The molecule has 0 aliphatic heterocycles. The molecule has 0 bridgehead atoms. The van der Waals surface area contributed by atoms with E-state index in [-0.39, 0.29) is 10.7 Å². The maximum atomic E-state index is 12.4. The number of hydrogen-bond donors (Lipinski definition) is 1. The molecule has 0 saturated heterocycles. The van der Waals surface area contributed by atoms with Gasteiger partial charge < -0.3 is 4.90 Å². The Bertz CT molecular complexity index is 961. The third kappa shape index (κ3) is 4.10. The van der Waals surface area contributed by atoms with Crippen molar-refractivity contribution in [2.24, 2.45) is 0 Å². The third-order valence-electron chi connectivity index (χ3n) is 3.62. The lowest BCUT2D eigenvalue weighted by molar-refractivity contribution is 0.601. The monoisotopic (exact) mass is 373 g/mol. The van der Waals surface area contributed by atoms with E-state index in [0.29, 0.717) is 5.02 Å². The normalized spacial score (nSPS) is 11.1. The highest BCUT2D eigenvalue weighted by molar-refractivity contribution is 7.92. The van der Waals surface area contributed by atoms with Crippen molar-refractivity contribution in [3.05, 3.63) is 77.9 Å². The molecule has 0 unspecified atom stereocenters. The first-order chi connectivity index (χ1) is 12.0. The fraction of sp³-hybridized carbons (Fsp3) is 0.0556. The molecular weight excluding hydrogens is 358 g/mol. The average molecular weight is 374 g/mol. The van der Waals surface area contributed by atoms with Gasteiger partial charge in [-0.2, -0.15) is 0 Å². The first kappa shape index (κ1) is 17.3. The van der Waals surface area contributed by atoms with Crippen LogP contribution >= 0.6 is 11.6 Å². The van der Waals surface area contributed by atoms with Gasteiger partial charge in [-0.15, -0.1) is 0 Å². The van der Waals surface area contributed by atoms with Crippen molar-refractivity contribution in [1.29, 1.82) is 0 Å². The lowest BCUT2D eigenvalue weighted by Gasteiger charge is -2.19. The summed E-state index contributed by atoms with van der Waals surface area (Å²) in [5, 5.41) is 0.357. The molecule has 1 aromatic heterocycles. The van der Waals surface area contributed by atoms with E-state index < -0.39 is 10.0 Å². The quantitative estimate of drug-likeness (QED) is 0.724. The zero-order valence-corrected chi connectivity index (χ0v) is 15.0. The van der Waals surface area contributed by atoms with Gasteiger partial charge in [-0.05, 0) is 42.5 Å². The highest BCUT2D eigenvalue weighted by atomic mass is 35.5. The molecule has 0 aliphatic rings. The Hall–Kier alpha value is -2.57. The van der Waals surface area contributed by atoms with Crippen molar-refractivity contribution in [2.75, 3.05) is 16.7 Å². The van der Waals surface area contributed by atoms with Gasteiger partial charge in [0.2, 0.25) is 0 Å². The Morgan fingerprint density at radius 3 is 2.36 bits per heavy atom.